The molecule has 0 aliphatic carbocycles. The number of carbonyl (C=O) groups excluding carboxylic acids is 1. The molecule has 0 spiro atoms. The van der Waals surface area contributed by atoms with Gasteiger partial charge in [-0.05, 0) is 50.2 Å². The van der Waals surface area contributed by atoms with Crippen LogP contribution < -0.4 is 14.9 Å². The second kappa shape index (κ2) is 9.20. The van der Waals surface area contributed by atoms with Crippen LogP contribution in [0.25, 0.3) is 10.6 Å². The van der Waals surface area contributed by atoms with Gasteiger partial charge >= 0.3 is 0 Å². The van der Waals surface area contributed by atoms with Crippen molar-refractivity contribution in [3.05, 3.63) is 59.1 Å². The fourth-order valence-corrected chi connectivity index (χ4v) is 3.59. The van der Waals surface area contributed by atoms with Crippen LogP contribution in [0, 0.1) is 6.92 Å². The van der Waals surface area contributed by atoms with Crippen LogP contribution >= 0.6 is 11.3 Å². The van der Waals surface area contributed by atoms with E-state index in [1.54, 1.807) is 49.6 Å². The van der Waals surface area contributed by atoms with Crippen molar-refractivity contribution in [2.24, 2.45) is 5.10 Å². The number of nitrogens with one attached hydrogen (secondary N) is 1. The molecule has 0 saturated carbocycles. The number of nitrogens with zero attached hydrogens (tertiary/aromatic N) is 2. The van der Waals surface area contributed by atoms with Crippen LogP contribution in [-0.4, -0.2) is 35.4 Å². The van der Waals surface area contributed by atoms with Gasteiger partial charge in [-0.25, -0.2) is 10.4 Å². The van der Waals surface area contributed by atoms with Crippen LogP contribution in [0.5, 0.6) is 17.2 Å². The van der Waals surface area contributed by atoms with Gasteiger partial charge in [0.2, 0.25) is 0 Å². The van der Waals surface area contributed by atoms with Crippen molar-refractivity contribution in [3.8, 4) is 27.8 Å². The first-order valence-corrected chi connectivity index (χ1v) is 9.65. The molecule has 0 aliphatic rings. The van der Waals surface area contributed by atoms with Gasteiger partial charge in [0.1, 0.15) is 10.8 Å². The highest BCUT2D eigenvalue weighted by Crippen LogP contribution is 2.29. The number of phenolic OH excluding ortho intramolecular Hbond substituents is 1. The van der Waals surface area contributed by atoms with Crippen molar-refractivity contribution < 1.29 is 19.4 Å². The van der Waals surface area contributed by atoms with Crippen LogP contribution in [0.2, 0.25) is 0 Å². The smallest absolute Gasteiger partial charge is 0.277 e. The third-order valence-electron chi connectivity index (χ3n) is 4.02. The molecule has 29 heavy (non-hydrogen) atoms. The number of para-hydroxylation sites is 2. The first-order chi connectivity index (χ1) is 14.0. The molecule has 0 atom stereocenters. The molecule has 2 aromatic carbocycles. The lowest BCUT2D eigenvalue weighted by atomic mass is 10.2. The summed E-state index contributed by atoms with van der Waals surface area (Å²) in [6.45, 7) is 3.52. The van der Waals surface area contributed by atoms with E-state index in [9.17, 15) is 9.90 Å². The van der Waals surface area contributed by atoms with Crippen LogP contribution in [0.4, 0.5) is 0 Å². The molecule has 150 valence electrons. The maximum Gasteiger partial charge on any atom is 0.277 e. The molecule has 0 saturated heterocycles. The van der Waals surface area contributed by atoms with E-state index >= 15 is 0 Å². The second-order valence-corrected chi connectivity index (χ2v) is 7.15. The standard InChI is InChI=1S/C21H21N3O4S/c1-13-20(29-21(22-13)15-8-10-16(25)11-9-15)14(2)23-24-19(26)12-28-18-7-5-4-6-17(18)27-3/h4-11,25H,12H2,1-3H3,(H,24,26)/b23-14+. The van der Waals surface area contributed by atoms with Gasteiger partial charge in [0.25, 0.3) is 5.91 Å². The zero-order valence-electron chi connectivity index (χ0n) is 16.3. The Morgan fingerprint density at radius 2 is 1.86 bits per heavy atom. The van der Waals surface area contributed by atoms with Gasteiger partial charge in [-0.1, -0.05) is 12.1 Å². The Morgan fingerprint density at radius 3 is 2.55 bits per heavy atom. The fourth-order valence-electron chi connectivity index (χ4n) is 2.57. The SMILES string of the molecule is COc1ccccc1OCC(=O)N/N=C(\C)c1sc(-c2ccc(O)cc2)nc1C. The van der Waals surface area contributed by atoms with E-state index in [1.165, 1.54) is 11.3 Å². The van der Waals surface area contributed by atoms with Gasteiger partial charge in [0.15, 0.2) is 18.1 Å². The normalized spacial score (nSPS) is 11.2. The molecule has 0 radical (unpaired) electrons. The molecule has 1 amide bonds. The molecule has 3 rings (SSSR count). The van der Waals surface area contributed by atoms with Gasteiger partial charge in [-0.2, -0.15) is 5.10 Å². The van der Waals surface area contributed by atoms with E-state index in [2.05, 4.69) is 15.5 Å². The topological polar surface area (TPSA) is 93.0 Å². The number of hydrazone groups is 1. The molecule has 1 heterocycles. The van der Waals surface area contributed by atoms with Crippen molar-refractivity contribution in [2.45, 2.75) is 13.8 Å². The van der Waals surface area contributed by atoms with E-state index in [0.717, 1.165) is 21.1 Å². The number of thiazole rings is 1. The van der Waals surface area contributed by atoms with Crippen molar-refractivity contribution in [2.75, 3.05) is 13.7 Å². The summed E-state index contributed by atoms with van der Waals surface area (Å²) < 4.78 is 10.7. The van der Waals surface area contributed by atoms with Gasteiger partial charge in [0, 0.05) is 5.56 Å². The van der Waals surface area contributed by atoms with E-state index in [0.29, 0.717) is 17.2 Å². The number of aromatic hydroxyl groups is 1. The second-order valence-electron chi connectivity index (χ2n) is 6.15. The molecule has 0 fully saturated rings. The third-order valence-corrected chi connectivity index (χ3v) is 5.33. The number of carbonyl (C=O) groups is 1. The molecule has 3 aromatic rings. The molecular formula is C21H21N3O4S. The van der Waals surface area contributed by atoms with E-state index in [1.807, 2.05) is 19.9 Å². The Labute approximate surface area is 172 Å². The summed E-state index contributed by atoms with van der Waals surface area (Å²) in [4.78, 5) is 17.5. The molecule has 7 nitrogen and oxygen atoms in total. The van der Waals surface area contributed by atoms with Gasteiger partial charge in [0.05, 0.1) is 23.4 Å². The molecule has 1 aromatic heterocycles. The minimum Gasteiger partial charge on any atom is -0.508 e. The Hall–Kier alpha value is -3.39. The molecule has 8 heteroatoms. The number of ether oxygens (including phenoxy) is 2. The van der Waals surface area contributed by atoms with E-state index in [4.69, 9.17) is 9.47 Å². The summed E-state index contributed by atoms with van der Waals surface area (Å²) >= 11 is 1.47. The number of aryl methyl sites for hydroxylation is 1. The predicted octanol–water partition coefficient (Wildman–Crippen LogP) is 3.75. The van der Waals surface area contributed by atoms with Crippen molar-refractivity contribution in [1.82, 2.24) is 10.4 Å². The number of phenols is 1. The number of benzene rings is 2. The Kier molecular flexibility index (Phi) is 6.46. The summed E-state index contributed by atoms with van der Waals surface area (Å²) in [6.07, 6.45) is 0. The summed E-state index contributed by atoms with van der Waals surface area (Å²) in [5.41, 5.74) is 4.88. The largest absolute Gasteiger partial charge is 0.508 e. The molecular weight excluding hydrogens is 390 g/mol. The first-order valence-electron chi connectivity index (χ1n) is 8.84. The Bertz CT molecular complexity index is 1030. The lowest BCUT2D eigenvalue weighted by Gasteiger charge is -2.09. The summed E-state index contributed by atoms with van der Waals surface area (Å²) in [5, 5.41) is 14.4. The summed E-state index contributed by atoms with van der Waals surface area (Å²) in [5.74, 6) is 0.874. The highest BCUT2D eigenvalue weighted by Gasteiger charge is 2.13. The van der Waals surface area contributed by atoms with Crippen LogP contribution in [0.15, 0.2) is 53.6 Å². The fraction of sp³-hybridized carbons (Fsp3) is 0.190. The minimum absolute atomic E-state index is 0.183. The Morgan fingerprint density at radius 1 is 1.17 bits per heavy atom. The number of methoxy groups -OCH3 is 1. The highest BCUT2D eigenvalue weighted by atomic mass is 32.1. The van der Waals surface area contributed by atoms with Gasteiger partial charge in [-0.3, -0.25) is 4.79 Å². The predicted molar refractivity (Wildman–Crippen MR) is 113 cm³/mol. The number of hydrogen-bond acceptors (Lipinski definition) is 7. The number of hydrogen-bond donors (Lipinski definition) is 2. The van der Waals surface area contributed by atoms with E-state index in [-0.39, 0.29) is 18.3 Å². The third kappa shape index (κ3) is 5.11. The van der Waals surface area contributed by atoms with Gasteiger partial charge in [-0.15, -0.1) is 11.3 Å². The van der Waals surface area contributed by atoms with Gasteiger partial charge < -0.3 is 14.6 Å². The van der Waals surface area contributed by atoms with Crippen molar-refractivity contribution in [3.63, 3.8) is 0 Å². The average Bonchev–Trinajstić information content (AvgIpc) is 3.12. The maximum atomic E-state index is 12.1. The summed E-state index contributed by atoms with van der Waals surface area (Å²) in [6, 6.07) is 14.0. The van der Waals surface area contributed by atoms with Crippen molar-refractivity contribution in [1.29, 1.82) is 0 Å². The zero-order valence-corrected chi connectivity index (χ0v) is 17.1. The van der Waals surface area contributed by atoms with Crippen LogP contribution in [-0.2, 0) is 4.79 Å². The zero-order chi connectivity index (χ0) is 20.8. The van der Waals surface area contributed by atoms with Crippen LogP contribution in [0.1, 0.15) is 17.5 Å². The quantitative estimate of drug-likeness (QED) is 0.456. The molecule has 0 unspecified atom stereocenters. The minimum atomic E-state index is -0.379. The van der Waals surface area contributed by atoms with Crippen molar-refractivity contribution >= 4 is 23.0 Å². The monoisotopic (exact) mass is 411 g/mol. The average molecular weight is 411 g/mol. The number of rotatable bonds is 7. The molecule has 0 aliphatic heterocycles. The van der Waals surface area contributed by atoms with Crippen LogP contribution in [0.3, 0.4) is 0 Å². The number of amides is 1. The summed E-state index contributed by atoms with van der Waals surface area (Å²) in [7, 11) is 1.54. The highest BCUT2D eigenvalue weighted by molar-refractivity contribution is 7.17. The maximum absolute atomic E-state index is 12.1. The van der Waals surface area contributed by atoms with E-state index < -0.39 is 0 Å². The molecule has 2 N–H and O–H groups in total. The number of aromatic nitrogens is 1. The molecule has 0 bridgehead atoms. The lowest BCUT2D eigenvalue weighted by Crippen LogP contribution is -2.25. The lowest BCUT2D eigenvalue weighted by molar-refractivity contribution is -0.123. The Balaban J connectivity index is 1.63. The first kappa shape index (κ1) is 20.3.